The van der Waals surface area contributed by atoms with Crippen LogP contribution in [0.5, 0.6) is 0 Å². The molecule has 9 nitrogen and oxygen atoms in total. The number of benzene rings is 1. The number of hydrogen-bond donors (Lipinski definition) is 2. The van der Waals surface area contributed by atoms with Crippen LogP contribution in [0.15, 0.2) is 49.1 Å². The van der Waals surface area contributed by atoms with Gasteiger partial charge < -0.3 is 15.0 Å². The third-order valence-electron chi connectivity index (χ3n) is 6.02. The van der Waals surface area contributed by atoms with Crippen molar-refractivity contribution in [3.63, 3.8) is 0 Å². The first kappa shape index (κ1) is 21.7. The van der Waals surface area contributed by atoms with E-state index in [-0.39, 0.29) is 0 Å². The Morgan fingerprint density at radius 1 is 1.06 bits per heavy atom. The number of anilines is 2. The van der Waals surface area contributed by atoms with Gasteiger partial charge in [0, 0.05) is 49.1 Å². The van der Waals surface area contributed by atoms with Crippen LogP contribution < -0.4 is 5.32 Å². The number of halogens is 1. The molecule has 34 heavy (non-hydrogen) atoms. The molecule has 4 heterocycles. The molecule has 0 bridgehead atoms. The minimum atomic E-state index is -1.08. The second-order valence-corrected chi connectivity index (χ2v) is 8.56. The van der Waals surface area contributed by atoms with E-state index in [9.17, 15) is 9.90 Å². The van der Waals surface area contributed by atoms with E-state index < -0.39 is 6.09 Å². The smallest absolute Gasteiger partial charge is 0.416 e. The highest BCUT2D eigenvalue weighted by Gasteiger charge is 2.22. The zero-order valence-corrected chi connectivity index (χ0v) is 19.8. The molecule has 0 aliphatic heterocycles. The highest BCUT2D eigenvalue weighted by molar-refractivity contribution is 6.33. The van der Waals surface area contributed by atoms with Crippen molar-refractivity contribution in [3.05, 3.63) is 65.5 Å². The first-order valence-electron chi connectivity index (χ1n) is 10.5. The zero-order chi connectivity index (χ0) is 24.1. The molecule has 0 spiro atoms. The van der Waals surface area contributed by atoms with Crippen LogP contribution in [0.25, 0.3) is 33.4 Å². The molecule has 0 atom stereocenters. The molecule has 0 amide bonds. The summed E-state index contributed by atoms with van der Waals surface area (Å²) in [7, 11) is 3.75. The van der Waals surface area contributed by atoms with Crippen molar-refractivity contribution in [2.75, 3.05) is 5.32 Å². The quantitative estimate of drug-likeness (QED) is 0.362. The monoisotopic (exact) mass is 475 g/mol. The van der Waals surface area contributed by atoms with E-state index in [0.717, 1.165) is 33.6 Å². The molecule has 1 aromatic carbocycles. The molecule has 10 heteroatoms. The number of nitrogens with zero attached hydrogens (tertiary/aromatic N) is 6. The van der Waals surface area contributed by atoms with Crippen LogP contribution in [0, 0.1) is 13.8 Å². The molecule has 0 saturated carbocycles. The van der Waals surface area contributed by atoms with E-state index >= 15 is 0 Å². The van der Waals surface area contributed by atoms with Crippen molar-refractivity contribution < 1.29 is 9.90 Å². The fourth-order valence-corrected chi connectivity index (χ4v) is 4.40. The van der Waals surface area contributed by atoms with Gasteiger partial charge in [-0.2, -0.15) is 5.10 Å². The topological polar surface area (TPSA) is 103 Å². The summed E-state index contributed by atoms with van der Waals surface area (Å²) >= 11 is 6.57. The molecule has 2 N–H and O–H groups in total. The van der Waals surface area contributed by atoms with Crippen LogP contribution in [-0.4, -0.2) is 40.1 Å². The maximum absolute atomic E-state index is 12.2. The van der Waals surface area contributed by atoms with Gasteiger partial charge in [0.25, 0.3) is 0 Å². The van der Waals surface area contributed by atoms with Crippen LogP contribution in [0.1, 0.15) is 11.4 Å². The Morgan fingerprint density at radius 3 is 2.47 bits per heavy atom. The number of rotatable bonds is 4. The van der Waals surface area contributed by atoms with E-state index in [4.69, 9.17) is 11.6 Å². The Balaban J connectivity index is 1.55. The minimum absolute atomic E-state index is 0.483. The van der Waals surface area contributed by atoms with Crippen LogP contribution >= 0.6 is 11.6 Å². The normalized spacial score (nSPS) is 11.3. The highest BCUT2D eigenvalue weighted by Crippen LogP contribution is 2.35. The van der Waals surface area contributed by atoms with Crippen LogP contribution in [0.3, 0.4) is 0 Å². The van der Waals surface area contributed by atoms with Crippen molar-refractivity contribution in [1.29, 1.82) is 0 Å². The molecule has 0 aliphatic carbocycles. The van der Waals surface area contributed by atoms with Gasteiger partial charge in [-0.3, -0.25) is 4.68 Å². The highest BCUT2D eigenvalue weighted by atomic mass is 35.5. The van der Waals surface area contributed by atoms with Crippen molar-refractivity contribution in [2.45, 2.75) is 13.8 Å². The van der Waals surface area contributed by atoms with E-state index in [1.54, 1.807) is 36.4 Å². The molecule has 4 aromatic heterocycles. The maximum Gasteiger partial charge on any atom is 0.416 e. The molecule has 0 unspecified atom stereocenters. The van der Waals surface area contributed by atoms with E-state index in [1.807, 2.05) is 49.9 Å². The molecule has 172 valence electrons. The number of carboxylic acid groups (broad SMARTS) is 1. The summed E-state index contributed by atoms with van der Waals surface area (Å²) in [6, 6.07) is 7.40. The third kappa shape index (κ3) is 3.50. The Kier molecular flexibility index (Phi) is 5.13. The number of aromatic nitrogens is 6. The molecule has 0 saturated heterocycles. The van der Waals surface area contributed by atoms with Gasteiger partial charge in [-0.1, -0.05) is 17.7 Å². The summed E-state index contributed by atoms with van der Waals surface area (Å²) in [6.45, 7) is 3.83. The lowest BCUT2D eigenvalue weighted by molar-refractivity contribution is 0.198. The van der Waals surface area contributed by atoms with Gasteiger partial charge in [0.1, 0.15) is 11.6 Å². The Hall–Kier alpha value is -4.11. The lowest BCUT2D eigenvalue weighted by Crippen LogP contribution is -2.09. The van der Waals surface area contributed by atoms with Crippen molar-refractivity contribution in [3.8, 4) is 22.5 Å². The van der Waals surface area contributed by atoms with Crippen molar-refractivity contribution in [2.24, 2.45) is 14.1 Å². The maximum atomic E-state index is 12.2. The van der Waals surface area contributed by atoms with Gasteiger partial charge in [0.2, 0.25) is 0 Å². The summed E-state index contributed by atoms with van der Waals surface area (Å²) < 4.78 is 4.91. The minimum Gasteiger partial charge on any atom is -0.464 e. The van der Waals surface area contributed by atoms with Crippen molar-refractivity contribution in [1.82, 2.24) is 28.9 Å². The lowest BCUT2D eigenvalue weighted by atomic mass is 10.1. The standard InChI is InChI=1S/C24H22ClN7O2/c1-13-17-10-27-22(8-20(17)32(24(33)34)23(13)16-9-28-30(3)12-16)29-19-6-5-15(7-18(19)25)21-11-26-14(2)31(21)4/h5-12H,1-4H3,(H,27,29)(H,33,34). The molecular weight excluding hydrogens is 454 g/mol. The largest absolute Gasteiger partial charge is 0.464 e. The molecule has 5 aromatic rings. The third-order valence-corrected chi connectivity index (χ3v) is 6.34. The second-order valence-electron chi connectivity index (χ2n) is 8.15. The number of fused-ring (bicyclic) bond motifs is 1. The van der Waals surface area contributed by atoms with Crippen LogP contribution in [0.2, 0.25) is 5.02 Å². The number of aryl methyl sites for hydroxylation is 3. The van der Waals surface area contributed by atoms with Crippen molar-refractivity contribution >= 4 is 40.1 Å². The molecular formula is C24H22ClN7O2. The van der Waals surface area contributed by atoms with Gasteiger partial charge in [-0.25, -0.2) is 19.3 Å². The SMILES string of the molecule is Cc1c(-c2cnn(C)c2)n(C(=O)O)c2cc(Nc3ccc(-c4cnc(C)n4C)cc3Cl)ncc12. The average molecular weight is 476 g/mol. The zero-order valence-electron chi connectivity index (χ0n) is 19.0. The Morgan fingerprint density at radius 2 is 1.85 bits per heavy atom. The molecule has 0 aliphatic rings. The van der Waals surface area contributed by atoms with Gasteiger partial charge in [0.15, 0.2) is 0 Å². The van der Waals surface area contributed by atoms with E-state index in [0.29, 0.717) is 27.7 Å². The van der Waals surface area contributed by atoms with Gasteiger partial charge in [-0.15, -0.1) is 0 Å². The molecule has 5 rings (SSSR count). The number of carbonyl (C=O) groups is 1. The Bertz CT molecular complexity index is 1580. The lowest BCUT2D eigenvalue weighted by Gasteiger charge is -2.11. The number of pyridine rings is 1. The predicted octanol–water partition coefficient (Wildman–Crippen LogP) is 5.38. The Labute approximate surface area is 200 Å². The summed E-state index contributed by atoms with van der Waals surface area (Å²) in [5.74, 6) is 1.39. The van der Waals surface area contributed by atoms with Gasteiger partial charge in [-0.05, 0) is 31.5 Å². The summed E-state index contributed by atoms with van der Waals surface area (Å²) in [4.78, 5) is 21.1. The number of imidazole rings is 1. The fraction of sp³-hybridized carbons (Fsp3) is 0.167. The summed E-state index contributed by atoms with van der Waals surface area (Å²) in [5, 5.41) is 18.7. The first-order valence-corrected chi connectivity index (χ1v) is 10.9. The first-order chi connectivity index (χ1) is 16.2. The van der Waals surface area contributed by atoms with E-state index in [1.165, 1.54) is 4.57 Å². The fourth-order valence-electron chi connectivity index (χ4n) is 4.17. The van der Waals surface area contributed by atoms with Gasteiger partial charge >= 0.3 is 6.09 Å². The van der Waals surface area contributed by atoms with E-state index in [2.05, 4.69) is 20.4 Å². The predicted molar refractivity (Wildman–Crippen MR) is 132 cm³/mol. The molecule has 0 radical (unpaired) electrons. The number of nitrogens with one attached hydrogen (secondary N) is 1. The number of hydrogen-bond acceptors (Lipinski definition) is 5. The van der Waals surface area contributed by atoms with Crippen LogP contribution in [0.4, 0.5) is 16.3 Å². The van der Waals surface area contributed by atoms with Crippen LogP contribution in [-0.2, 0) is 14.1 Å². The summed E-state index contributed by atoms with van der Waals surface area (Å²) in [5.41, 5.74) is 5.20. The average Bonchev–Trinajstić information content (AvgIpc) is 3.45. The van der Waals surface area contributed by atoms with Gasteiger partial charge in [0.05, 0.1) is 40.0 Å². The molecule has 0 fully saturated rings. The summed E-state index contributed by atoms with van der Waals surface area (Å²) in [6.07, 6.45) is 5.85. The second kappa shape index (κ2) is 8.03.